The number of carbonyl (C=O) groups is 17. The van der Waals surface area contributed by atoms with E-state index in [4.69, 9.17) is 17.2 Å². The van der Waals surface area contributed by atoms with Gasteiger partial charge in [-0.15, -0.1) is 0 Å². The largest absolute Gasteiger partial charge is 0.481 e. The minimum atomic E-state index is -2.12. The van der Waals surface area contributed by atoms with Crippen LogP contribution in [0.3, 0.4) is 0 Å². The van der Waals surface area contributed by atoms with Gasteiger partial charge in [-0.1, -0.05) is 96.5 Å². The van der Waals surface area contributed by atoms with Gasteiger partial charge in [-0.25, -0.2) is 4.98 Å². The number of imidazole rings is 1. The normalized spacial score (nSPS) is 21.1. The Morgan fingerprint density at radius 3 is 1.55 bits per heavy atom. The first-order chi connectivity index (χ1) is 56.7. The highest BCUT2D eigenvalue weighted by molar-refractivity contribution is 8.76. The fourth-order valence-corrected chi connectivity index (χ4v) is 16.1. The molecule has 6 heterocycles. The number of carbonyl (C=O) groups excluding carboxylic acids is 16. The molecule has 3 aromatic carbocycles. The number of carboxylic acid groups (broad SMARTS) is 1. The maximum Gasteiger partial charge on any atom is 0.305 e. The molecule has 2 fully saturated rings. The third-order valence-electron chi connectivity index (χ3n) is 20.2. The fraction of sp³-hybridized carbons (Fsp3) is 0.429. The summed E-state index contributed by atoms with van der Waals surface area (Å²) in [5.74, 6) is -21.3. The number of aliphatic hydroxyl groups is 1. The van der Waals surface area contributed by atoms with Gasteiger partial charge in [0, 0.05) is 114 Å². The number of rotatable bonds is 30. The van der Waals surface area contributed by atoms with Gasteiger partial charge in [0.05, 0.1) is 31.7 Å². The molecule has 42 heteroatoms. The number of aliphatic hydroxyl groups excluding tert-OH is 1. The van der Waals surface area contributed by atoms with Crippen LogP contribution in [0.15, 0.2) is 104 Å². The van der Waals surface area contributed by atoms with Crippen molar-refractivity contribution in [3.8, 4) is 0 Å². The topological polar surface area (TPSA) is 632 Å². The van der Waals surface area contributed by atoms with Gasteiger partial charge in [0.15, 0.2) is 0 Å². The monoisotopic (exact) mass is 1680 g/mol. The predicted octanol–water partition coefficient (Wildman–Crippen LogP) is -3.49. The first kappa shape index (κ1) is 90.1. The zero-order valence-corrected chi connectivity index (χ0v) is 67.1. The van der Waals surface area contributed by atoms with Gasteiger partial charge in [-0.2, -0.15) is 0 Å². The van der Waals surface area contributed by atoms with E-state index in [9.17, 15) is 67.7 Å². The van der Waals surface area contributed by atoms with Gasteiger partial charge in [-0.05, 0) is 67.5 Å². The Bertz CT molecular complexity index is 4930. The number of nitrogens with two attached hydrogens (primary N) is 3. The standard InChI is InChI=1S/C77H97N21O19S2/c1-6-36(2)63(96-76(116)64(38(4)99)97-72(112)51(87-66(106)37(3)86-39(5)100)23-41-30-83-48-18-11-8-15-45(41)48)75(115)95-58-34-119-118-33-57(74(114)93-56(77(117)98-21-13-20-59(98)65(80)105)24-42-31-84-49-19-12-9-16-46(42)49)94-71(111)55(28-62(103)104)92-68(108)52(25-43-32-81-35-85-43)89-67(107)50(22-40-29-82-47-17-10-7-14-44(40)47)88-69(109)53(26-60(78)101)90-70(110)54(27-61(79)102)91-73(58)113/h7-12,14-19,29-32,35-38,50-59,63-64,82-84,99H,6,13,20-28,33-34H2,1-5H3,(H2,78,101)(H2,79,102)(H2,80,105)(H,81,85)(H,86,100)(H,87,106)(H,88,109)(H,89,107)(H,90,110)(H,91,113)(H,92,108)(H,93,114)(H,94,111)(H,95,115)(H,96,116)(H,97,112)(H,103,104)/t36-,37-,38+,50-,51-,52-,53-,54-,55-,56-,57-,58-,59-,63-,64-/m0/s1. The Kier molecular flexibility index (Phi) is 31.6. The van der Waals surface area contributed by atoms with Crippen LogP contribution < -0.4 is 81.0 Å². The third-order valence-corrected chi connectivity index (χ3v) is 22.7. The van der Waals surface area contributed by atoms with Crippen molar-refractivity contribution in [1.82, 2.24) is 93.6 Å². The van der Waals surface area contributed by atoms with E-state index in [0.29, 0.717) is 77.4 Å². The molecule has 636 valence electrons. The molecule has 16 amide bonds. The summed E-state index contributed by atoms with van der Waals surface area (Å²) in [4.78, 5) is 259. The smallest absolute Gasteiger partial charge is 0.305 e. The van der Waals surface area contributed by atoms with E-state index in [1.165, 1.54) is 44.4 Å². The average Bonchev–Trinajstić information content (AvgIpc) is 1.62. The number of aromatic amines is 4. The molecule has 0 unspecified atom stereocenters. The Balaban J connectivity index is 1.09. The molecule has 9 rings (SSSR count). The summed E-state index contributed by atoms with van der Waals surface area (Å²) in [6.45, 7) is 6.87. The predicted molar refractivity (Wildman–Crippen MR) is 433 cm³/mol. The fourth-order valence-electron chi connectivity index (χ4n) is 13.8. The zero-order chi connectivity index (χ0) is 86.5. The number of likely N-dealkylation sites (tertiary alicyclic amines) is 1. The molecule has 119 heavy (non-hydrogen) atoms. The molecule has 4 aromatic heterocycles. The van der Waals surface area contributed by atoms with Crippen LogP contribution in [-0.2, 0) is 107 Å². The molecular formula is C77H97N21O19S2. The lowest BCUT2D eigenvalue weighted by Gasteiger charge is -2.30. The number of carboxylic acids is 1. The van der Waals surface area contributed by atoms with E-state index >= 15 is 24.0 Å². The molecule has 0 aliphatic carbocycles. The molecule has 2 aliphatic rings. The second-order valence-corrected chi connectivity index (χ2v) is 31.7. The van der Waals surface area contributed by atoms with Gasteiger partial charge in [0.1, 0.15) is 78.5 Å². The molecule has 7 aromatic rings. The Morgan fingerprint density at radius 2 is 1.03 bits per heavy atom. The summed E-state index contributed by atoms with van der Waals surface area (Å²) in [7, 11) is 1.40. The van der Waals surface area contributed by atoms with E-state index in [2.05, 4.69) is 88.7 Å². The number of amides is 16. The van der Waals surface area contributed by atoms with E-state index in [1.807, 2.05) is 0 Å². The highest BCUT2D eigenvalue weighted by Crippen LogP contribution is 2.28. The number of hydrogen-bond acceptors (Lipinski definition) is 21. The second kappa shape index (κ2) is 41.8. The SMILES string of the molecule is CC[C@H](C)[C@H](NC(=O)[C@@H](NC(=O)[C@H](Cc1c[nH]c2ccccc12)NC(=O)[C@H](C)NC(C)=O)[C@@H](C)O)C(=O)N[C@H]1CSSC[C@@H](C(=O)N[C@@H](Cc2c[nH]c3ccccc23)C(=O)N2CCC[C@H]2C(N)=O)NC(=O)[C@H](CC(=O)O)NC(=O)[C@H](Cc2cnc[nH]2)NC(=O)[C@H](Cc2c[nH]c3ccccc23)NC(=O)[C@H](CC(N)=O)NC(=O)[C@H](CC(N)=O)NC1=O. The molecular weight excluding hydrogens is 1590 g/mol. The van der Waals surface area contributed by atoms with Gasteiger partial charge in [0.25, 0.3) is 0 Å². The molecule has 0 radical (unpaired) electrons. The maximum atomic E-state index is 15.4. The van der Waals surface area contributed by atoms with Crippen molar-refractivity contribution in [1.29, 1.82) is 0 Å². The first-order valence-electron chi connectivity index (χ1n) is 38.2. The van der Waals surface area contributed by atoms with E-state index in [1.54, 1.807) is 92.1 Å². The summed E-state index contributed by atoms with van der Waals surface area (Å²) < 4.78 is 0. The van der Waals surface area contributed by atoms with Crippen LogP contribution in [0.25, 0.3) is 32.7 Å². The van der Waals surface area contributed by atoms with Gasteiger partial charge in [0.2, 0.25) is 94.5 Å². The van der Waals surface area contributed by atoms with Crippen LogP contribution in [0.2, 0.25) is 0 Å². The number of hydrogen-bond donors (Lipinski definition) is 21. The molecule has 15 atom stereocenters. The van der Waals surface area contributed by atoms with Crippen LogP contribution in [0, 0.1) is 5.92 Å². The zero-order valence-electron chi connectivity index (χ0n) is 65.4. The molecule has 0 spiro atoms. The van der Waals surface area contributed by atoms with E-state index in [0.717, 1.165) is 6.92 Å². The van der Waals surface area contributed by atoms with Crippen molar-refractivity contribution in [3.05, 3.63) is 126 Å². The van der Waals surface area contributed by atoms with Crippen LogP contribution in [0.1, 0.15) is 95.5 Å². The maximum absolute atomic E-state index is 15.4. The second-order valence-electron chi connectivity index (χ2n) is 29.1. The minimum absolute atomic E-state index is 0.0383. The molecule has 24 N–H and O–H groups in total. The molecule has 0 bridgehead atoms. The van der Waals surface area contributed by atoms with E-state index < -0.39 is 235 Å². The summed E-state index contributed by atoms with van der Waals surface area (Å²) in [5.41, 5.74) is 20.7. The van der Waals surface area contributed by atoms with Crippen LogP contribution >= 0.6 is 21.6 Å². The van der Waals surface area contributed by atoms with Crippen molar-refractivity contribution in [2.24, 2.45) is 23.1 Å². The quantitative estimate of drug-likeness (QED) is 0.0194. The van der Waals surface area contributed by atoms with Gasteiger partial charge in [-0.3, -0.25) is 81.5 Å². The average molecular weight is 1680 g/mol. The minimum Gasteiger partial charge on any atom is -0.481 e. The van der Waals surface area contributed by atoms with Crippen molar-refractivity contribution in [3.63, 3.8) is 0 Å². The number of H-pyrrole nitrogens is 4. The van der Waals surface area contributed by atoms with Gasteiger partial charge >= 0.3 is 5.97 Å². The van der Waals surface area contributed by atoms with Crippen LogP contribution in [-0.4, -0.2) is 243 Å². The number of para-hydroxylation sites is 3. The van der Waals surface area contributed by atoms with Crippen molar-refractivity contribution in [2.45, 2.75) is 183 Å². The Labute approximate surface area is 687 Å². The highest BCUT2D eigenvalue weighted by Gasteiger charge is 2.42. The number of nitrogens with one attached hydrogen (secondary N) is 16. The van der Waals surface area contributed by atoms with Crippen LogP contribution in [0.5, 0.6) is 0 Å². The Morgan fingerprint density at radius 1 is 0.546 bits per heavy atom. The lowest BCUT2D eigenvalue weighted by atomic mass is 9.97. The van der Waals surface area contributed by atoms with Crippen molar-refractivity contribution < 1.29 is 91.7 Å². The highest BCUT2D eigenvalue weighted by atomic mass is 33.1. The number of fused-ring (bicyclic) bond motifs is 3. The molecule has 2 aliphatic heterocycles. The number of benzene rings is 3. The Hall–Kier alpha value is -12.9. The molecule has 40 nitrogen and oxygen atoms in total. The molecule has 0 saturated carbocycles. The first-order valence-corrected chi connectivity index (χ1v) is 40.7. The summed E-state index contributed by atoms with van der Waals surface area (Å²) >= 11 is 0. The summed E-state index contributed by atoms with van der Waals surface area (Å²) in [6, 6.07) is -1.75. The van der Waals surface area contributed by atoms with Crippen LogP contribution in [0.4, 0.5) is 0 Å². The van der Waals surface area contributed by atoms with Crippen molar-refractivity contribution in [2.75, 3.05) is 18.1 Å². The van der Waals surface area contributed by atoms with Gasteiger partial charge < -0.3 is 116 Å². The molecule has 2 saturated heterocycles. The lowest BCUT2D eigenvalue weighted by molar-refractivity contribution is -0.142. The number of primary amides is 3. The number of aromatic nitrogens is 5. The summed E-state index contributed by atoms with van der Waals surface area (Å²) in [6.07, 6.45) is 1.54. The lowest BCUT2D eigenvalue weighted by Crippen LogP contribution is -2.63. The van der Waals surface area contributed by atoms with E-state index in [-0.39, 0.29) is 37.9 Å². The number of nitrogens with zero attached hydrogens (tertiary/aromatic N) is 2. The summed E-state index contributed by atoms with van der Waals surface area (Å²) in [5, 5.41) is 53.5. The number of aliphatic carboxylic acids is 1. The van der Waals surface area contributed by atoms with Crippen molar-refractivity contribution >= 4 is 155 Å². The third kappa shape index (κ3) is 24.6.